The number of non-ortho nitro benzene ring substituents is 1. The molecule has 31 heavy (non-hydrogen) atoms. The fraction of sp³-hybridized carbons (Fsp3) is 0.0500. The summed E-state index contributed by atoms with van der Waals surface area (Å²) in [6.45, 7) is 0. The molecule has 0 spiro atoms. The van der Waals surface area contributed by atoms with Gasteiger partial charge in [0.25, 0.3) is 15.7 Å². The number of anilines is 2. The molecule has 0 aliphatic rings. The average Bonchev–Trinajstić information content (AvgIpc) is 2.75. The lowest BCUT2D eigenvalue weighted by Crippen LogP contribution is -2.15. The SMILES string of the molecule is COc1ccccc1NS(=O)(=O)c1cc([N+](=O)[O-])ccc1N/N=C/c1ccc(F)cc1. The number of sulfonamides is 1. The van der Waals surface area contributed by atoms with E-state index in [1.54, 1.807) is 18.2 Å². The van der Waals surface area contributed by atoms with Gasteiger partial charge in [-0.15, -0.1) is 0 Å². The van der Waals surface area contributed by atoms with E-state index in [0.717, 1.165) is 12.1 Å². The van der Waals surface area contributed by atoms with Crippen LogP contribution in [0.25, 0.3) is 0 Å². The molecule has 0 atom stereocenters. The van der Waals surface area contributed by atoms with E-state index in [-0.39, 0.29) is 22.0 Å². The van der Waals surface area contributed by atoms with Crippen LogP contribution in [0.15, 0.2) is 76.7 Å². The summed E-state index contributed by atoms with van der Waals surface area (Å²) in [6, 6.07) is 15.1. The molecule has 0 aromatic heterocycles. The van der Waals surface area contributed by atoms with Crippen molar-refractivity contribution in [3.63, 3.8) is 0 Å². The van der Waals surface area contributed by atoms with E-state index in [0.29, 0.717) is 5.56 Å². The maximum atomic E-state index is 13.0. The summed E-state index contributed by atoms with van der Waals surface area (Å²) in [7, 11) is -2.87. The van der Waals surface area contributed by atoms with Crippen LogP contribution < -0.4 is 14.9 Å². The predicted octanol–water partition coefficient (Wildman–Crippen LogP) is 3.99. The number of para-hydroxylation sites is 2. The maximum Gasteiger partial charge on any atom is 0.270 e. The fourth-order valence-corrected chi connectivity index (χ4v) is 3.84. The fourth-order valence-electron chi connectivity index (χ4n) is 2.59. The highest BCUT2D eigenvalue weighted by molar-refractivity contribution is 7.93. The van der Waals surface area contributed by atoms with Crippen molar-refractivity contribution >= 4 is 33.3 Å². The van der Waals surface area contributed by atoms with E-state index in [1.165, 1.54) is 49.7 Å². The van der Waals surface area contributed by atoms with Crippen LogP contribution in [-0.2, 0) is 10.0 Å². The minimum atomic E-state index is -4.25. The van der Waals surface area contributed by atoms with E-state index in [4.69, 9.17) is 4.74 Å². The van der Waals surface area contributed by atoms with Gasteiger partial charge in [-0.2, -0.15) is 5.10 Å². The standard InChI is InChI=1S/C20H17FN4O5S/c1-30-19-5-3-2-4-17(19)24-31(28,29)20-12-16(25(26)27)10-11-18(20)23-22-13-14-6-8-15(21)9-7-14/h2-13,23-24H,1H3/b22-13+. The Kier molecular flexibility index (Phi) is 6.46. The van der Waals surface area contributed by atoms with Gasteiger partial charge in [-0.05, 0) is 35.9 Å². The monoisotopic (exact) mass is 444 g/mol. The molecule has 0 unspecified atom stereocenters. The number of hydrogen-bond donors (Lipinski definition) is 2. The molecule has 0 aliphatic carbocycles. The van der Waals surface area contributed by atoms with Crippen LogP contribution in [0, 0.1) is 15.9 Å². The Morgan fingerprint density at radius 3 is 2.45 bits per heavy atom. The number of methoxy groups -OCH3 is 1. The summed E-state index contributed by atoms with van der Waals surface area (Å²) >= 11 is 0. The molecule has 0 radical (unpaired) electrons. The minimum Gasteiger partial charge on any atom is -0.495 e. The van der Waals surface area contributed by atoms with Crippen molar-refractivity contribution in [2.45, 2.75) is 4.90 Å². The van der Waals surface area contributed by atoms with Crippen molar-refractivity contribution in [1.82, 2.24) is 0 Å². The van der Waals surface area contributed by atoms with Crippen LogP contribution in [-0.4, -0.2) is 26.7 Å². The van der Waals surface area contributed by atoms with Crippen molar-refractivity contribution in [2.24, 2.45) is 5.10 Å². The zero-order valence-corrected chi connectivity index (χ0v) is 17.0. The summed E-state index contributed by atoms with van der Waals surface area (Å²) in [4.78, 5) is 10.1. The molecule has 3 rings (SSSR count). The minimum absolute atomic E-state index is 0.00589. The Labute approximate surface area is 177 Å². The average molecular weight is 444 g/mol. The molecular formula is C20H17FN4O5S. The first-order chi connectivity index (χ1) is 14.8. The smallest absolute Gasteiger partial charge is 0.270 e. The molecule has 2 N–H and O–H groups in total. The van der Waals surface area contributed by atoms with Gasteiger partial charge in [0.05, 0.1) is 29.6 Å². The molecule has 3 aromatic rings. The Hall–Kier alpha value is -3.99. The predicted molar refractivity (Wildman–Crippen MR) is 115 cm³/mol. The second-order valence-corrected chi connectivity index (χ2v) is 7.82. The number of hydrazone groups is 1. The van der Waals surface area contributed by atoms with Gasteiger partial charge in [0, 0.05) is 12.1 Å². The van der Waals surface area contributed by atoms with Gasteiger partial charge >= 0.3 is 0 Å². The highest BCUT2D eigenvalue weighted by Gasteiger charge is 2.23. The van der Waals surface area contributed by atoms with Gasteiger partial charge in [-0.25, -0.2) is 12.8 Å². The largest absolute Gasteiger partial charge is 0.495 e. The molecule has 9 nitrogen and oxygen atoms in total. The van der Waals surface area contributed by atoms with Gasteiger partial charge in [-0.3, -0.25) is 20.3 Å². The number of nitro benzene ring substituents is 1. The Balaban J connectivity index is 1.95. The molecule has 0 bridgehead atoms. The first-order valence-electron chi connectivity index (χ1n) is 8.79. The molecule has 3 aromatic carbocycles. The summed E-state index contributed by atoms with van der Waals surface area (Å²) in [6.07, 6.45) is 1.35. The number of hydrogen-bond acceptors (Lipinski definition) is 7. The van der Waals surface area contributed by atoms with Crippen molar-refractivity contribution in [2.75, 3.05) is 17.3 Å². The lowest BCUT2D eigenvalue weighted by Gasteiger charge is -2.14. The number of rotatable bonds is 8. The van der Waals surface area contributed by atoms with Crippen molar-refractivity contribution in [1.29, 1.82) is 0 Å². The van der Waals surface area contributed by atoms with E-state index >= 15 is 0 Å². The molecular weight excluding hydrogens is 427 g/mol. The third kappa shape index (κ3) is 5.34. The number of nitrogens with one attached hydrogen (secondary N) is 2. The van der Waals surface area contributed by atoms with Crippen molar-refractivity contribution in [3.8, 4) is 5.75 Å². The lowest BCUT2D eigenvalue weighted by molar-refractivity contribution is -0.385. The van der Waals surface area contributed by atoms with Crippen LogP contribution in [0.1, 0.15) is 5.56 Å². The molecule has 0 saturated heterocycles. The quantitative estimate of drug-likeness (QED) is 0.308. The second-order valence-electron chi connectivity index (χ2n) is 6.16. The number of nitro groups is 1. The summed E-state index contributed by atoms with van der Waals surface area (Å²) in [5.41, 5.74) is 2.89. The van der Waals surface area contributed by atoms with Crippen LogP contribution >= 0.6 is 0 Å². The van der Waals surface area contributed by atoms with Gasteiger partial charge in [0.1, 0.15) is 16.5 Å². The molecule has 160 valence electrons. The zero-order valence-electron chi connectivity index (χ0n) is 16.2. The first kappa shape index (κ1) is 21.7. The summed E-state index contributed by atoms with van der Waals surface area (Å²) in [5.74, 6) is -0.128. The van der Waals surface area contributed by atoms with Gasteiger partial charge < -0.3 is 4.74 Å². The van der Waals surface area contributed by atoms with Crippen LogP contribution in [0.5, 0.6) is 5.75 Å². The van der Waals surface area contributed by atoms with E-state index < -0.39 is 26.5 Å². The van der Waals surface area contributed by atoms with Gasteiger partial charge in [-0.1, -0.05) is 24.3 Å². The second kappa shape index (κ2) is 9.22. The van der Waals surface area contributed by atoms with E-state index in [9.17, 15) is 22.9 Å². The Morgan fingerprint density at radius 2 is 1.77 bits per heavy atom. The molecule has 11 heteroatoms. The van der Waals surface area contributed by atoms with Crippen LogP contribution in [0.3, 0.4) is 0 Å². The van der Waals surface area contributed by atoms with Crippen LogP contribution in [0.4, 0.5) is 21.5 Å². The highest BCUT2D eigenvalue weighted by Crippen LogP contribution is 2.31. The zero-order chi connectivity index (χ0) is 22.4. The van der Waals surface area contributed by atoms with Crippen LogP contribution in [0.2, 0.25) is 0 Å². The van der Waals surface area contributed by atoms with Crippen molar-refractivity contribution < 1.29 is 22.5 Å². The molecule has 0 heterocycles. The Morgan fingerprint density at radius 1 is 1.06 bits per heavy atom. The topological polar surface area (TPSA) is 123 Å². The molecule has 0 fully saturated rings. The van der Waals surface area contributed by atoms with E-state index in [2.05, 4.69) is 15.2 Å². The highest BCUT2D eigenvalue weighted by atomic mass is 32.2. The third-order valence-corrected chi connectivity index (χ3v) is 5.49. The Bertz CT molecular complexity index is 1230. The number of nitrogens with zero attached hydrogens (tertiary/aromatic N) is 2. The number of benzene rings is 3. The maximum absolute atomic E-state index is 13.0. The first-order valence-corrected chi connectivity index (χ1v) is 10.3. The lowest BCUT2D eigenvalue weighted by atomic mass is 10.2. The van der Waals surface area contributed by atoms with Gasteiger partial charge in [0.15, 0.2) is 0 Å². The normalized spacial score (nSPS) is 11.3. The third-order valence-electron chi connectivity index (χ3n) is 4.09. The number of halogens is 1. The summed E-state index contributed by atoms with van der Waals surface area (Å²) in [5, 5.41) is 15.1. The molecule has 0 aliphatic heterocycles. The van der Waals surface area contributed by atoms with E-state index in [1.807, 2.05) is 0 Å². The number of ether oxygens (including phenoxy) is 1. The van der Waals surface area contributed by atoms with Crippen molar-refractivity contribution in [3.05, 3.63) is 88.2 Å². The van der Waals surface area contributed by atoms with Gasteiger partial charge in [0.2, 0.25) is 0 Å². The summed E-state index contributed by atoms with van der Waals surface area (Å²) < 4.78 is 46.5. The molecule has 0 amide bonds. The molecule has 0 saturated carbocycles.